The lowest BCUT2D eigenvalue weighted by Crippen LogP contribution is -2.42. The summed E-state index contributed by atoms with van der Waals surface area (Å²) in [4.78, 5) is 23.8. The topological polar surface area (TPSA) is 46.1 Å². The lowest BCUT2D eigenvalue weighted by Gasteiger charge is -2.35. The van der Waals surface area contributed by atoms with E-state index in [1.807, 2.05) is 35.4 Å². The van der Waals surface area contributed by atoms with Gasteiger partial charge in [0.2, 0.25) is 0 Å². The van der Waals surface area contributed by atoms with Crippen LogP contribution in [-0.4, -0.2) is 26.8 Å². The zero-order valence-corrected chi connectivity index (χ0v) is 14.7. The van der Waals surface area contributed by atoms with Gasteiger partial charge >= 0.3 is 0 Å². The molecule has 3 heterocycles. The molecule has 27 heavy (non-hydrogen) atoms. The van der Waals surface area contributed by atoms with Crippen LogP contribution in [0.25, 0.3) is 11.1 Å². The highest BCUT2D eigenvalue weighted by atomic mass is 19.1. The second kappa shape index (κ2) is 6.27. The third-order valence-electron chi connectivity index (χ3n) is 5.66. The number of hydrogen-bond acceptors (Lipinski definition) is 3. The minimum absolute atomic E-state index is 0.0580. The molecule has 1 fully saturated rings. The molecule has 0 aliphatic carbocycles. The molecule has 1 aromatic heterocycles. The maximum absolute atomic E-state index is 13.2. The highest BCUT2D eigenvalue weighted by Crippen LogP contribution is 2.43. The molecule has 0 saturated carbocycles. The fourth-order valence-electron chi connectivity index (χ4n) is 4.33. The monoisotopic (exact) mass is 359 g/mol. The summed E-state index contributed by atoms with van der Waals surface area (Å²) in [5.41, 5.74) is 4.74. The van der Waals surface area contributed by atoms with Crippen molar-refractivity contribution in [1.29, 1.82) is 0 Å². The van der Waals surface area contributed by atoms with Gasteiger partial charge in [-0.2, -0.15) is 0 Å². The molecule has 2 bridgehead atoms. The maximum atomic E-state index is 13.2. The Hall–Kier alpha value is -3.08. The fraction of sp³-hybridized carbons (Fsp3) is 0.227. The summed E-state index contributed by atoms with van der Waals surface area (Å²) >= 11 is 0. The third-order valence-corrected chi connectivity index (χ3v) is 5.66. The molecule has 2 aliphatic heterocycles. The number of rotatable bonds is 2. The number of hydrogen-bond donors (Lipinski definition) is 0. The zero-order chi connectivity index (χ0) is 18.4. The smallest absolute Gasteiger partial charge is 0.254 e. The molecule has 1 saturated heterocycles. The fourth-order valence-corrected chi connectivity index (χ4v) is 4.33. The van der Waals surface area contributed by atoms with Gasteiger partial charge in [0.1, 0.15) is 12.1 Å². The summed E-state index contributed by atoms with van der Waals surface area (Å²) in [6.45, 7) is 0. The Bertz CT molecular complexity index is 1000. The van der Waals surface area contributed by atoms with Crippen LogP contribution in [0.2, 0.25) is 0 Å². The predicted octanol–water partition coefficient (Wildman–Crippen LogP) is 4.18. The van der Waals surface area contributed by atoms with Crippen molar-refractivity contribution in [3.05, 3.63) is 83.7 Å². The van der Waals surface area contributed by atoms with E-state index in [4.69, 9.17) is 0 Å². The van der Waals surface area contributed by atoms with E-state index in [-0.39, 0.29) is 23.8 Å². The lowest BCUT2D eigenvalue weighted by molar-refractivity contribution is 0.0644. The highest BCUT2D eigenvalue weighted by Gasteiger charge is 2.43. The number of halogens is 1. The van der Waals surface area contributed by atoms with Crippen LogP contribution in [0.5, 0.6) is 0 Å². The van der Waals surface area contributed by atoms with Gasteiger partial charge in [0.25, 0.3) is 5.91 Å². The number of aromatic nitrogens is 2. The number of nitrogens with zero attached hydrogens (tertiary/aromatic N) is 3. The average molecular weight is 359 g/mol. The number of fused-ring (bicyclic) bond motifs is 4. The summed E-state index contributed by atoms with van der Waals surface area (Å²) in [7, 11) is 0. The van der Waals surface area contributed by atoms with Gasteiger partial charge in [-0.3, -0.25) is 4.79 Å². The molecule has 3 aromatic rings. The third kappa shape index (κ3) is 2.70. The van der Waals surface area contributed by atoms with Crippen molar-refractivity contribution in [2.75, 3.05) is 0 Å². The molecular formula is C22H18FN3O. The first-order chi connectivity index (χ1) is 13.2. The van der Waals surface area contributed by atoms with Gasteiger partial charge in [-0.05, 0) is 48.2 Å². The Morgan fingerprint density at radius 3 is 2.44 bits per heavy atom. The molecule has 4 nitrogen and oxygen atoms in total. The van der Waals surface area contributed by atoms with Crippen LogP contribution in [0.3, 0.4) is 0 Å². The predicted molar refractivity (Wildman–Crippen MR) is 99.5 cm³/mol. The molecule has 5 heteroatoms. The largest absolute Gasteiger partial charge is 0.328 e. The van der Waals surface area contributed by atoms with Gasteiger partial charge in [0.15, 0.2) is 0 Å². The lowest BCUT2D eigenvalue weighted by atomic mass is 9.97. The molecule has 2 atom stereocenters. The molecular weight excluding hydrogens is 341 g/mol. The Balaban J connectivity index is 1.42. The summed E-state index contributed by atoms with van der Waals surface area (Å²) in [5.74, 6) is -0.196. The number of benzene rings is 2. The first kappa shape index (κ1) is 16.1. The van der Waals surface area contributed by atoms with Crippen molar-refractivity contribution in [2.24, 2.45) is 0 Å². The Morgan fingerprint density at radius 1 is 1.00 bits per heavy atom. The molecule has 0 N–H and O–H groups in total. The molecule has 2 aromatic carbocycles. The minimum atomic E-state index is -0.254. The molecule has 0 spiro atoms. The van der Waals surface area contributed by atoms with Crippen LogP contribution in [0.15, 0.2) is 61.1 Å². The highest BCUT2D eigenvalue weighted by molar-refractivity contribution is 5.95. The summed E-state index contributed by atoms with van der Waals surface area (Å²) < 4.78 is 13.1. The van der Waals surface area contributed by atoms with Crippen LogP contribution < -0.4 is 0 Å². The van der Waals surface area contributed by atoms with Crippen LogP contribution in [0.1, 0.15) is 40.5 Å². The van der Waals surface area contributed by atoms with Crippen molar-refractivity contribution >= 4 is 5.91 Å². The SMILES string of the molecule is O=C(c1ccc(-c2ccc(F)cc2)cc1)N1C2CCC1c1cncnc1C2. The van der Waals surface area contributed by atoms with Gasteiger partial charge in [-0.15, -0.1) is 0 Å². The minimum Gasteiger partial charge on any atom is -0.328 e. The molecule has 2 unspecified atom stereocenters. The van der Waals surface area contributed by atoms with E-state index < -0.39 is 0 Å². The number of carbonyl (C=O) groups excluding carboxylic acids is 1. The molecule has 134 valence electrons. The molecule has 0 radical (unpaired) electrons. The Kier molecular flexibility index (Phi) is 3.74. The van der Waals surface area contributed by atoms with E-state index in [1.165, 1.54) is 12.1 Å². The summed E-state index contributed by atoms with van der Waals surface area (Å²) in [6.07, 6.45) is 6.20. The number of carbonyl (C=O) groups is 1. The normalized spacial score (nSPS) is 20.4. The van der Waals surface area contributed by atoms with Crippen molar-refractivity contribution in [3.63, 3.8) is 0 Å². The average Bonchev–Trinajstić information content (AvgIpc) is 3.03. The summed E-state index contributed by atoms with van der Waals surface area (Å²) in [6, 6.07) is 14.2. The Morgan fingerprint density at radius 2 is 1.70 bits per heavy atom. The molecule has 1 amide bonds. The van der Waals surface area contributed by atoms with Gasteiger partial charge in [-0.25, -0.2) is 14.4 Å². The van der Waals surface area contributed by atoms with Crippen LogP contribution in [0, 0.1) is 5.82 Å². The quantitative estimate of drug-likeness (QED) is 0.689. The van der Waals surface area contributed by atoms with E-state index in [2.05, 4.69) is 9.97 Å². The Labute approximate surface area is 156 Å². The first-order valence-corrected chi connectivity index (χ1v) is 9.18. The van der Waals surface area contributed by atoms with Crippen molar-refractivity contribution < 1.29 is 9.18 Å². The second-order valence-electron chi connectivity index (χ2n) is 7.17. The molecule has 2 aliphatic rings. The standard InChI is InChI=1S/C22H18FN3O/c23-17-7-5-15(6-8-17)14-1-3-16(4-2-14)22(27)26-18-9-10-21(26)19-12-24-13-25-20(19)11-18/h1-8,12-13,18,21H,9-11H2. The van der Waals surface area contributed by atoms with E-state index >= 15 is 0 Å². The van der Waals surface area contributed by atoms with E-state index in [0.717, 1.165) is 41.6 Å². The molecule has 5 rings (SSSR count). The maximum Gasteiger partial charge on any atom is 0.254 e. The second-order valence-corrected chi connectivity index (χ2v) is 7.17. The van der Waals surface area contributed by atoms with Gasteiger partial charge in [-0.1, -0.05) is 24.3 Å². The van der Waals surface area contributed by atoms with Crippen LogP contribution in [-0.2, 0) is 6.42 Å². The first-order valence-electron chi connectivity index (χ1n) is 9.18. The van der Waals surface area contributed by atoms with Crippen molar-refractivity contribution in [3.8, 4) is 11.1 Å². The van der Waals surface area contributed by atoms with Crippen molar-refractivity contribution in [1.82, 2.24) is 14.9 Å². The van der Waals surface area contributed by atoms with Crippen LogP contribution in [0.4, 0.5) is 4.39 Å². The van der Waals surface area contributed by atoms with E-state index in [1.54, 1.807) is 18.5 Å². The van der Waals surface area contributed by atoms with E-state index in [0.29, 0.717) is 5.56 Å². The zero-order valence-electron chi connectivity index (χ0n) is 14.7. The van der Waals surface area contributed by atoms with Gasteiger partial charge < -0.3 is 4.90 Å². The van der Waals surface area contributed by atoms with Gasteiger partial charge in [0, 0.05) is 29.8 Å². The number of amides is 1. The van der Waals surface area contributed by atoms with Crippen molar-refractivity contribution in [2.45, 2.75) is 31.3 Å². The van der Waals surface area contributed by atoms with E-state index in [9.17, 15) is 9.18 Å². The summed E-state index contributed by atoms with van der Waals surface area (Å²) in [5, 5.41) is 0. The van der Waals surface area contributed by atoms with Crippen LogP contribution >= 0.6 is 0 Å². The van der Waals surface area contributed by atoms with Gasteiger partial charge in [0.05, 0.1) is 11.7 Å².